The molecule has 1 aromatic heterocycles. The highest BCUT2D eigenvalue weighted by Gasteiger charge is 2.12. The molecular weight excluding hydrogens is 466 g/mol. The summed E-state index contributed by atoms with van der Waals surface area (Å²) in [5.41, 5.74) is 3.98. The first-order valence-corrected chi connectivity index (χ1v) is 9.99. The van der Waals surface area contributed by atoms with Crippen molar-refractivity contribution in [1.29, 1.82) is 0 Å². The summed E-state index contributed by atoms with van der Waals surface area (Å²) in [6, 6.07) is 26.2. The fraction of sp³-hybridized carbons (Fsp3) is 0. The molecular formula is C22H15Br2N3. The molecule has 0 unspecified atom stereocenters. The zero-order valence-electron chi connectivity index (χ0n) is 14.2. The lowest BCUT2D eigenvalue weighted by Crippen LogP contribution is -1.81. The van der Waals surface area contributed by atoms with Gasteiger partial charge in [0.2, 0.25) is 0 Å². The van der Waals surface area contributed by atoms with Crippen LogP contribution < -0.4 is 0 Å². The van der Waals surface area contributed by atoms with Gasteiger partial charge in [0.1, 0.15) is 5.82 Å². The number of rotatable bonds is 4. The molecule has 4 aromatic rings. The second-order valence-electron chi connectivity index (χ2n) is 5.97. The SMILES string of the molecule is Brc1ccc(/C=N/c2nc(-c3ccccc3)[nH]c2-c2ccc(Br)cc2)cc1. The van der Waals surface area contributed by atoms with E-state index < -0.39 is 0 Å². The molecule has 0 saturated heterocycles. The summed E-state index contributed by atoms with van der Waals surface area (Å²) in [6.07, 6.45) is 1.83. The summed E-state index contributed by atoms with van der Waals surface area (Å²) in [7, 11) is 0. The number of hydrogen-bond acceptors (Lipinski definition) is 2. The number of imidazole rings is 1. The van der Waals surface area contributed by atoms with E-state index in [2.05, 4.69) is 41.8 Å². The van der Waals surface area contributed by atoms with Crippen LogP contribution in [-0.2, 0) is 0 Å². The Hall–Kier alpha value is -2.50. The molecule has 3 nitrogen and oxygen atoms in total. The Labute approximate surface area is 174 Å². The van der Waals surface area contributed by atoms with Gasteiger partial charge in [0.05, 0.1) is 5.69 Å². The maximum atomic E-state index is 4.74. The highest BCUT2D eigenvalue weighted by atomic mass is 79.9. The van der Waals surface area contributed by atoms with Gasteiger partial charge in [0.25, 0.3) is 0 Å². The van der Waals surface area contributed by atoms with E-state index in [0.717, 1.165) is 37.2 Å². The quantitative estimate of drug-likeness (QED) is 0.313. The topological polar surface area (TPSA) is 41.0 Å². The van der Waals surface area contributed by atoms with Gasteiger partial charge >= 0.3 is 0 Å². The van der Waals surface area contributed by atoms with E-state index in [0.29, 0.717) is 5.82 Å². The number of hydrogen-bond donors (Lipinski definition) is 1. The average Bonchev–Trinajstić information content (AvgIpc) is 3.13. The first-order valence-electron chi connectivity index (χ1n) is 8.40. The molecule has 0 amide bonds. The van der Waals surface area contributed by atoms with E-state index >= 15 is 0 Å². The lowest BCUT2D eigenvalue weighted by atomic mass is 10.1. The Morgan fingerprint density at radius 1 is 0.741 bits per heavy atom. The summed E-state index contributed by atoms with van der Waals surface area (Å²) in [6.45, 7) is 0. The Balaban J connectivity index is 1.77. The molecule has 0 saturated carbocycles. The highest BCUT2D eigenvalue weighted by molar-refractivity contribution is 9.10. The van der Waals surface area contributed by atoms with Crippen molar-refractivity contribution in [3.63, 3.8) is 0 Å². The minimum Gasteiger partial charge on any atom is -0.336 e. The maximum absolute atomic E-state index is 4.74. The Morgan fingerprint density at radius 3 is 2.04 bits per heavy atom. The van der Waals surface area contributed by atoms with Crippen LogP contribution in [0, 0.1) is 0 Å². The van der Waals surface area contributed by atoms with Crippen LogP contribution in [0.1, 0.15) is 5.56 Å². The third kappa shape index (κ3) is 4.26. The van der Waals surface area contributed by atoms with Crippen molar-refractivity contribution < 1.29 is 0 Å². The van der Waals surface area contributed by atoms with E-state index in [4.69, 9.17) is 4.98 Å². The Kier molecular flexibility index (Phi) is 5.32. The van der Waals surface area contributed by atoms with Crippen molar-refractivity contribution in [1.82, 2.24) is 9.97 Å². The average molecular weight is 481 g/mol. The molecule has 3 aromatic carbocycles. The van der Waals surface area contributed by atoms with Crippen molar-refractivity contribution in [2.45, 2.75) is 0 Å². The Morgan fingerprint density at radius 2 is 1.37 bits per heavy atom. The molecule has 0 aliphatic heterocycles. The van der Waals surface area contributed by atoms with Crippen LogP contribution in [0.4, 0.5) is 5.82 Å². The van der Waals surface area contributed by atoms with E-state index in [9.17, 15) is 0 Å². The number of aliphatic imine (C=N–C) groups is 1. The number of aromatic nitrogens is 2. The first-order chi connectivity index (χ1) is 13.2. The van der Waals surface area contributed by atoms with Crippen LogP contribution in [0.5, 0.6) is 0 Å². The molecule has 1 heterocycles. The van der Waals surface area contributed by atoms with Gasteiger partial charge in [-0.2, -0.15) is 0 Å². The number of nitrogens with zero attached hydrogens (tertiary/aromatic N) is 2. The second kappa shape index (κ2) is 8.03. The van der Waals surface area contributed by atoms with Crippen LogP contribution in [-0.4, -0.2) is 16.2 Å². The van der Waals surface area contributed by atoms with Crippen molar-refractivity contribution >= 4 is 43.9 Å². The van der Waals surface area contributed by atoms with Gasteiger partial charge in [0, 0.05) is 26.3 Å². The predicted molar refractivity (Wildman–Crippen MR) is 119 cm³/mol. The fourth-order valence-electron chi connectivity index (χ4n) is 2.69. The van der Waals surface area contributed by atoms with Crippen LogP contribution in [0.3, 0.4) is 0 Å². The molecule has 132 valence electrons. The fourth-order valence-corrected chi connectivity index (χ4v) is 3.22. The molecule has 0 bridgehead atoms. The normalized spacial score (nSPS) is 11.2. The number of H-pyrrole nitrogens is 1. The standard InChI is InChI=1S/C22H15Br2N3/c23-18-10-6-15(7-11-18)14-25-22-20(16-8-12-19(24)13-9-16)26-21(27-22)17-4-2-1-3-5-17/h1-14H,(H,26,27)/b25-14+. The minimum atomic E-state index is 0.666. The van der Waals surface area contributed by atoms with Crippen LogP contribution in [0.2, 0.25) is 0 Å². The van der Waals surface area contributed by atoms with E-state index in [-0.39, 0.29) is 0 Å². The molecule has 27 heavy (non-hydrogen) atoms. The zero-order valence-corrected chi connectivity index (χ0v) is 17.4. The van der Waals surface area contributed by atoms with Crippen LogP contribution in [0.15, 0.2) is 92.8 Å². The second-order valence-corrected chi connectivity index (χ2v) is 7.80. The van der Waals surface area contributed by atoms with Crippen molar-refractivity contribution in [3.05, 3.63) is 93.4 Å². The molecule has 5 heteroatoms. The molecule has 0 radical (unpaired) electrons. The number of benzene rings is 3. The largest absolute Gasteiger partial charge is 0.336 e. The van der Waals surface area contributed by atoms with Gasteiger partial charge in [-0.05, 0) is 29.8 Å². The number of nitrogens with one attached hydrogen (secondary N) is 1. The van der Waals surface area contributed by atoms with Crippen LogP contribution >= 0.6 is 31.9 Å². The van der Waals surface area contributed by atoms with E-state index in [1.54, 1.807) is 0 Å². The maximum Gasteiger partial charge on any atom is 0.178 e. The molecule has 1 N–H and O–H groups in total. The van der Waals surface area contributed by atoms with Gasteiger partial charge in [-0.25, -0.2) is 9.98 Å². The molecule has 0 fully saturated rings. The summed E-state index contributed by atoms with van der Waals surface area (Å²) >= 11 is 6.94. The third-order valence-corrected chi connectivity index (χ3v) is 5.13. The summed E-state index contributed by atoms with van der Waals surface area (Å²) in [4.78, 5) is 12.8. The zero-order chi connectivity index (χ0) is 18.6. The molecule has 0 aliphatic rings. The lowest BCUT2D eigenvalue weighted by molar-refractivity contribution is 1.30. The highest BCUT2D eigenvalue weighted by Crippen LogP contribution is 2.32. The van der Waals surface area contributed by atoms with Gasteiger partial charge in [-0.3, -0.25) is 0 Å². The van der Waals surface area contributed by atoms with Gasteiger partial charge < -0.3 is 4.98 Å². The van der Waals surface area contributed by atoms with Crippen molar-refractivity contribution in [2.75, 3.05) is 0 Å². The molecule has 0 spiro atoms. The summed E-state index contributed by atoms with van der Waals surface area (Å²) in [5.74, 6) is 1.47. The number of aromatic amines is 1. The molecule has 0 atom stereocenters. The lowest BCUT2D eigenvalue weighted by Gasteiger charge is -2.00. The van der Waals surface area contributed by atoms with Crippen molar-refractivity contribution in [2.24, 2.45) is 4.99 Å². The molecule has 0 aliphatic carbocycles. The van der Waals surface area contributed by atoms with Gasteiger partial charge in [-0.15, -0.1) is 0 Å². The number of halogens is 2. The smallest absolute Gasteiger partial charge is 0.178 e. The minimum absolute atomic E-state index is 0.666. The third-order valence-electron chi connectivity index (χ3n) is 4.07. The predicted octanol–water partition coefficient (Wildman–Crippen LogP) is 7.02. The van der Waals surface area contributed by atoms with E-state index in [1.165, 1.54) is 0 Å². The Bertz CT molecular complexity index is 1070. The summed E-state index contributed by atoms with van der Waals surface area (Å²) in [5, 5.41) is 0. The summed E-state index contributed by atoms with van der Waals surface area (Å²) < 4.78 is 2.08. The van der Waals surface area contributed by atoms with Crippen LogP contribution in [0.25, 0.3) is 22.6 Å². The van der Waals surface area contributed by atoms with Gasteiger partial charge in [0.15, 0.2) is 5.82 Å². The van der Waals surface area contributed by atoms with Gasteiger partial charge in [-0.1, -0.05) is 86.5 Å². The van der Waals surface area contributed by atoms with Crippen molar-refractivity contribution in [3.8, 4) is 22.6 Å². The first kappa shape index (κ1) is 17.9. The molecule has 4 rings (SSSR count). The van der Waals surface area contributed by atoms with E-state index in [1.807, 2.05) is 85.1 Å². The monoisotopic (exact) mass is 479 g/mol.